The van der Waals surface area contributed by atoms with Gasteiger partial charge < -0.3 is 9.64 Å². The molecule has 1 aliphatic heterocycles. The summed E-state index contributed by atoms with van der Waals surface area (Å²) in [6, 6.07) is 6.43. The first-order chi connectivity index (χ1) is 8.71. The zero-order chi connectivity index (χ0) is 14.3. The smallest absolute Gasteiger partial charge is 0.126 e. The second-order valence-electron chi connectivity index (χ2n) is 6.29. The van der Waals surface area contributed by atoms with Gasteiger partial charge in [0.15, 0.2) is 0 Å². The number of hydrogen-bond donors (Lipinski definition) is 0. The summed E-state index contributed by atoms with van der Waals surface area (Å²) in [4.78, 5) is 2.08. The molecule has 0 amide bonds. The van der Waals surface area contributed by atoms with Gasteiger partial charge in [0, 0.05) is 18.8 Å². The average molecular weight is 262 g/mol. The maximum Gasteiger partial charge on any atom is 0.126 e. The minimum absolute atomic E-state index is 0.305. The third-order valence-electron chi connectivity index (χ3n) is 3.07. The first-order valence-corrected chi connectivity index (χ1v) is 6.37. The average Bonchev–Trinajstić information content (AvgIpc) is 2.24. The molecule has 0 unspecified atom stereocenters. The molecule has 0 saturated carbocycles. The standard InChI is InChI=1S/C15H19FN2O/c1-14(2)9-18(10-15(3,4)19-14)13-6-11(8-17)5-12(16)7-13/h5-7H,9-10H2,1-4H3. The predicted octanol–water partition coefficient (Wildman–Crippen LogP) is 3.09. The van der Waals surface area contributed by atoms with Crippen LogP contribution in [0.5, 0.6) is 0 Å². The van der Waals surface area contributed by atoms with Crippen LogP contribution in [-0.4, -0.2) is 24.3 Å². The molecule has 1 saturated heterocycles. The van der Waals surface area contributed by atoms with Gasteiger partial charge in [0.05, 0.1) is 22.8 Å². The minimum atomic E-state index is -0.379. The second kappa shape index (κ2) is 4.50. The molecule has 1 heterocycles. The van der Waals surface area contributed by atoms with E-state index in [2.05, 4.69) is 4.90 Å². The van der Waals surface area contributed by atoms with Crippen molar-refractivity contribution < 1.29 is 9.13 Å². The molecule has 3 nitrogen and oxygen atoms in total. The molecule has 0 aromatic heterocycles. The molecule has 19 heavy (non-hydrogen) atoms. The van der Waals surface area contributed by atoms with E-state index in [4.69, 9.17) is 10.00 Å². The zero-order valence-electron chi connectivity index (χ0n) is 11.8. The van der Waals surface area contributed by atoms with Gasteiger partial charge in [-0.25, -0.2) is 4.39 Å². The monoisotopic (exact) mass is 262 g/mol. The molecular formula is C15H19FN2O. The first kappa shape index (κ1) is 13.8. The van der Waals surface area contributed by atoms with Crippen molar-refractivity contribution in [3.05, 3.63) is 29.6 Å². The Labute approximate surface area is 113 Å². The number of benzene rings is 1. The van der Waals surface area contributed by atoms with Crippen LogP contribution < -0.4 is 4.90 Å². The van der Waals surface area contributed by atoms with Crippen LogP contribution >= 0.6 is 0 Å². The number of hydrogen-bond acceptors (Lipinski definition) is 3. The number of halogens is 1. The molecule has 1 aromatic rings. The highest BCUT2D eigenvalue weighted by molar-refractivity contribution is 5.53. The summed E-state index contributed by atoms with van der Waals surface area (Å²) in [5, 5.41) is 8.93. The van der Waals surface area contributed by atoms with Crippen LogP contribution in [0.4, 0.5) is 10.1 Å². The fourth-order valence-electron chi connectivity index (χ4n) is 2.79. The van der Waals surface area contributed by atoms with Crippen molar-refractivity contribution in [2.45, 2.75) is 38.9 Å². The van der Waals surface area contributed by atoms with Gasteiger partial charge in [0.1, 0.15) is 5.82 Å². The molecule has 1 aliphatic rings. The van der Waals surface area contributed by atoms with Gasteiger partial charge in [0.2, 0.25) is 0 Å². The van der Waals surface area contributed by atoms with Crippen molar-refractivity contribution in [3.63, 3.8) is 0 Å². The zero-order valence-corrected chi connectivity index (χ0v) is 11.8. The summed E-state index contributed by atoms with van der Waals surface area (Å²) < 4.78 is 19.5. The van der Waals surface area contributed by atoms with Crippen molar-refractivity contribution in [1.82, 2.24) is 0 Å². The highest BCUT2D eigenvalue weighted by Gasteiger charge is 2.38. The normalized spacial score (nSPS) is 20.9. The highest BCUT2D eigenvalue weighted by Crippen LogP contribution is 2.32. The lowest BCUT2D eigenvalue weighted by molar-refractivity contribution is -0.133. The molecule has 0 N–H and O–H groups in total. The largest absolute Gasteiger partial charge is 0.366 e. The van der Waals surface area contributed by atoms with E-state index in [-0.39, 0.29) is 17.0 Å². The molecule has 0 radical (unpaired) electrons. The Balaban J connectivity index is 2.36. The molecule has 1 aromatic carbocycles. The van der Waals surface area contributed by atoms with E-state index >= 15 is 0 Å². The van der Waals surface area contributed by atoms with E-state index in [1.165, 1.54) is 12.1 Å². The summed E-state index contributed by atoms with van der Waals surface area (Å²) in [5.41, 5.74) is 0.472. The Morgan fingerprint density at radius 2 is 1.74 bits per heavy atom. The number of nitriles is 1. The molecule has 0 bridgehead atoms. The number of ether oxygens (including phenoxy) is 1. The summed E-state index contributed by atoms with van der Waals surface area (Å²) in [6.07, 6.45) is 0. The summed E-state index contributed by atoms with van der Waals surface area (Å²) >= 11 is 0. The van der Waals surface area contributed by atoms with Crippen LogP contribution in [0, 0.1) is 17.1 Å². The van der Waals surface area contributed by atoms with E-state index in [1.54, 1.807) is 6.07 Å². The van der Waals surface area contributed by atoms with Crippen molar-refractivity contribution in [3.8, 4) is 6.07 Å². The Hall–Kier alpha value is -1.60. The van der Waals surface area contributed by atoms with Gasteiger partial charge in [-0.3, -0.25) is 0 Å². The molecule has 1 fully saturated rings. The fraction of sp³-hybridized carbons (Fsp3) is 0.533. The van der Waals surface area contributed by atoms with Crippen LogP contribution in [0.3, 0.4) is 0 Å². The number of rotatable bonds is 1. The molecule has 2 rings (SSSR count). The molecule has 0 atom stereocenters. The van der Waals surface area contributed by atoms with E-state index < -0.39 is 0 Å². The van der Waals surface area contributed by atoms with Crippen molar-refractivity contribution in [1.29, 1.82) is 5.26 Å². The first-order valence-electron chi connectivity index (χ1n) is 6.37. The lowest BCUT2D eigenvalue weighted by Gasteiger charge is -2.48. The quantitative estimate of drug-likeness (QED) is 0.780. The van der Waals surface area contributed by atoms with E-state index in [9.17, 15) is 4.39 Å². The number of nitrogens with zero attached hydrogens (tertiary/aromatic N) is 2. The summed E-state index contributed by atoms with van der Waals surface area (Å²) in [7, 11) is 0. The number of anilines is 1. The van der Waals surface area contributed by atoms with Gasteiger partial charge >= 0.3 is 0 Å². The van der Waals surface area contributed by atoms with Crippen LogP contribution in [0.25, 0.3) is 0 Å². The predicted molar refractivity (Wildman–Crippen MR) is 72.6 cm³/mol. The lowest BCUT2D eigenvalue weighted by Crippen LogP contribution is -2.57. The lowest BCUT2D eigenvalue weighted by atomic mass is 9.98. The van der Waals surface area contributed by atoms with Gasteiger partial charge in [-0.05, 0) is 45.9 Å². The van der Waals surface area contributed by atoms with Crippen LogP contribution in [-0.2, 0) is 4.74 Å². The van der Waals surface area contributed by atoms with E-state index in [1.807, 2.05) is 33.8 Å². The van der Waals surface area contributed by atoms with Gasteiger partial charge in [-0.1, -0.05) is 0 Å². The van der Waals surface area contributed by atoms with Crippen LogP contribution in [0.15, 0.2) is 18.2 Å². The summed E-state index contributed by atoms with van der Waals surface area (Å²) in [5.74, 6) is -0.379. The minimum Gasteiger partial charge on any atom is -0.366 e. The second-order valence-corrected chi connectivity index (χ2v) is 6.29. The molecule has 102 valence electrons. The molecular weight excluding hydrogens is 243 g/mol. The van der Waals surface area contributed by atoms with Gasteiger partial charge in [-0.15, -0.1) is 0 Å². The van der Waals surface area contributed by atoms with Crippen molar-refractivity contribution in [2.24, 2.45) is 0 Å². The van der Waals surface area contributed by atoms with Crippen LogP contribution in [0.1, 0.15) is 33.3 Å². The Kier molecular flexibility index (Phi) is 3.27. The van der Waals surface area contributed by atoms with Crippen LogP contribution in [0.2, 0.25) is 0 Å². The fourth-order valence-corrected chi connectivity index (χ4v) is 2.79. The van der Waals surface area contributed by atoms with E-state index in [0.717, 1.165) is 5.69 Å². The summed E-state index contributed by atoms with van der Waals surface area (Å²) in [6.45, 7) is 9.42. The third-order valence-corrected chi connectivity index (χ3v) is 3.07. The van der Waals surface area contributed by atoms with Crippen molar-refractivity contribution in [2.75, 3.05) is 18.0 Å². The Bertz CT molecular complexity index is 515. The Morgan fingerprint density at radius 1 is 1.16 bits per heavy atom. The molecule has 0 aliphatic carbocycles. The maximum absolute atomic E-state index is 13.5. The van der Waals surface area contributed by atoms with Gasteiger partial charge in [-0.2, -0.15) is 5.26 Å². The van der Waals surface area contributed by atoms with E-state index in [0.29, 0.717) is 18.7 Å². The van der Waals surface area contributed by atoms with Crippen molar-refractivity contribution >= 4 is 5.69 Å². The van der Waals surface area contributed by atoms with Gasteiger partial charge in [0.25, 0.3) is 0 Å². The highest BCUT2D eigenvalue weighted by atomic mass is 19.1. The molecule has 4 heteroatoms. The SMILES string of the molecule is CC1(C)CN(c2cc(F)cc(C#N)c2)CC(C)(C)O1. The Morgan fingerprint density at radius 3 is 2.26 bits per heavy atom. The third kappa shape index (κ3) is 3.24. The maximum atomic E-state index is 13.5. The molecule has 0 spiro atoms. The topological polar surface area (TPSA) is 36.3 Å². The number of morpholine rings is 1.